The molecule has 1 aromatic heterocycles. The third kappa shape index (κ3) is 3.87. The molecule has 0 radical (unpaired) electrons. The van der Waals surface area contributed by atoms with Crippen molar-refractivity contribution in [3.8, 4) is 17.5 Å². The molecule has 0 amide bonds. The predicted octanol–water partition coefficient (Wildman–Crippen LogP) is 2.85. The molecule has 2 aromatic rings. The second-order valence-electron chi connectivity index (χ2n) is 6.27. The molecule has 9 heteroatoms. The van der Waals surface area contributed by atoms with Gasteiger partial charge in [-0.25, -0.2) is 4.85 Å². The Labute approximate surface area is 161 Å². The van der Waals surface area contributed by atoms with Crippen molar-refractivity contribution in [2.24, 2.45) is 0 Å². The Bertz CT molecular complexity index is 898. The number of rotatable bonds is 4. The van der Waals surface area contributed by atoms with Crippen LogP contribution in [0.15, 0.2) is 24.3 Å². The van der Waals surface area contributed by atoms with Crippen LogP contribution in [0.25, 0.3) is 4.85 Å². The zero-order valence-electron chi connectivity index (χ0n) is 14.4. The molecule has 2 aliphatic rings. The molecule has 27 heavy (non-hydrogen) atoms. The van der Waals surface area contributed by atoms with E-state index in [1.165, 1.54) is 6.07 Å². The molecule has 1 aromatic carbocycles. The van der Waals surface area contributed by atoms with Crippen molar-refractivity contribution in [1.82, 2.24) is 4.98 Å². The van der Waals surface area contributed by atoms with Crippen LogP contribution in [0.5, 0.6) is 17.5 Å². The van der Waals surface area contributed by atoms with Gasteiger partial charge in [0.05, 0.1) is 31.4 Å². The van der Waals surface area contributed by atoms with Crippen molar-refractivity contribution in [3.05, 3.63) is 46.3 Å². The molecule has 4 rings (SSSR count). The van der Waals surface area contributed by atoms with Crippen LogP contribution in [0.4, 0.5) is 5.69 Å². The Morgan fingerprint density at radius 3 is 2.85 bits per heavy atom. The van der Waals surface area contributed by atoms with E-state index in [9.17, 15) is 5.02 Å². The molecular formula is C18H16BClN2O5. The summed E-state index contributed by atoms with van der Waals surface area (Å²) in [6.45, 7) is 8.89. The van der Waals surface area contributed by atoms with Gasteiger partial charge in [-0.1, -0.05) is 17.7 Å². The molecule has 0 saturated carbocycles. The SMILES string of the molecule is [C-]#[N+]c1cc(Cl)c(Oc2ccc3c(c2)COB3O)nc1OC1CCOCC1. The number of nitrogens with zero attached hydrogens (tertiary/aromatic N) is 2. The van der Waals surface area contributed by atoms with Crippen LogP contribution in [0.3, 0.4) is 0 Å². The van der Waals surface area contributed by atoms with Crippen molar-refractivity contribution in [3.63, 3.8) is 0 Å². The minimum absolute atomic E-state index is 0.0561. The van der Waals surface area contributed by atoms with Crippen LogP contribution < -0.4 is 14.9 Å². The maximum Gasteiger partial charge on any atom is 0.491 e. The monoisotopic (exact) mass is 386 g/mol. The third-order valence-electron chi connectivity index (χ3n) is 4.45. The van der Waals surface area contributed by atoms with Crippen LogP contribution in [0.1, 0.15) is 18.4 Å². The van der Waals surface area contributed by atoms with Crippen LogP contribution in [-0.4, -0.2) is 36.4 Å². The number of pyridine rings is 1. The van der Waals surface area contributed by atoms with Gasteiger partial charge in [0.2, 0.25) is 17.4 Å². The van der Waals surface area contributed by atoms with Gasteiger partial charge in [0.25, 0.3) is 0 Å². The van der Waals surface area contributed by atoms with Gasteiger partial charge in [0, 0.05) is 12.8 Å². The lowest BCUT2D eigenvalue weighted by atomic mass is 9.80. The summed E-state index contributed by atoms with van der Waals surface area (Å²) < 4.78 is 22.2. The first-order chi connectivity index (χ1) is 13.1. The van der Waals surface area contributed by atoms with E-state index in [4.69, 9.17) is 37.0 Å². The minimum Gasteiger partial charge on any atom is -0.483 e. The van der Waals surface area contributed by atoms with Gasteiger partial charge in [-0.15, -0.1) is 0 Å². The number of fused-ring (bicyclic) bond motifs is 1. The molecule has 3 heterocycles. The Kier molecular flexibility index (Phi) is 5.19. The number of benzene rings is 1. The largest absolute Gasteiger partial charge is 0.491 e. The molecule has 0 spiro atoms. The number of aromatic nitrogens is 1. The number of hydrogen-bond donors (Lipinski definition) is 1. The average Bonchev–Trinajstić information content (AvgIpc) is 3.05. The van der Waals surface area contributed by atoms with E-state index in [1.54, 1.807) is 18.2 Å². The smallest absolute Gasteiger partial charge is 0.483 e. The van der Waals surface area contributed by atoms with E-state index in [2.05, 4.69) is 9.83 Å². The van der Waals surface area contributed by atoms with Crippen LogP contribution in [0.2, 0.25) is 5.02 Å². The standard InChI is InChI=1S/C18H16BClN2O5/c1-21-16-9-15(20)17(22-18(16)26-12-4-6-24-7-5-12)27-13-2-3-14-11(8-13)10-25-19(14)23/h2-3,8-9,12,23H,4-7,10H2. The van der Waals surface area contributed by atoms with E-state index in [-0.39, 0.29) is 28.6 Å². The van der Waals surface area contributed by atoms with Crippen molar-refractivity contribution in [1.29, 1.82) is 0 Å². The highest BCUT2D eigenvalue weighted by molar-refractivity contribution is 6.61. The first kappa shape index (κ1) is 18.1. The lowest BCUT2D eigenvalue weighted by Crippen LogP contribution is -2.27. The third-order valence-corrected chi connectivity index (χ3v) is 4.72. The normalized spacial score (nSPS) is 16.7. The van der Waals surface area contributed by atoms with E-state index < -0.39 is 7.12 Å². The summed E-state index contributed by atoms with van der Waals surface area (Å²) in [7, 11) is -0.909. The zero-order valence-corrected chi connectivity index (χ0v) is 15.1. The fourth-order valence-electron chi connectivity index (χ4n) is 3.02. The van der Waals surface area contributed by atoms with Crippen molar-refractivity contribution < 1.29 is 23.9 Å². The summed E-state index contributed by atoms with van der Waals surface area (Å²) in [4.78, 5) is 7.78. The van der Waals surface area contributed by atoms with Crippen molar-refractivity contribution in [2.75, 3.05) is 13.2 Å². The first-order valence-electron chi connectivity index (χ1n) is 8.57. The lowest BCUT2D eigenvalue weighted by Gasteiger charge is -2.23. The molecule has 1 saturated heterocycles. The summed E-state index contributed by atoms with van der Waals surface area (Å²) in [5.74, 6) is 0.871. The van der Waals surface area contributed by atoms with E-state index >= 15 is 0 Å². The van der Waals surface area contributed by atoms with Crippen molar-refractivity contribution >= 4 is 29.9 Å². The molecule has 138 valence electrons. The zero-order chi connectivity index (χ0) is 18.8. The maximum absolute atomic E-state index is 9.71. The van der Waals surface area contributed by atoms with E-state index in [0.29, 0.717) is 31.0 Å². The summed E-state index contributed by atoms with van der Waals surface area (Å²) in [5, 5.41) is 9.93. The number of hydrogen-bond acceptors (Lipinski definition) is 6. The molecule has 0 bridgehead atoms. The average molecular weight is 387 g/mol. The summed E-state index contributed by atoms with van der Waals surface area (Å²) >= 11 is 6.24. The molecule has 1 N–H and O–H groups in total. The Morgan fingerprint density at radius 1 is 1.26 bits per heavy atom. The van der Waals surface area contributed by atoms with Gasteiger partial charge in [-0.2, -0.15) is 4.98 Å². The highest BCUT2D eigenvalue weighted by Crippen LogP contribution is 2.37. The van der Waals surface area contributed by atoms with E-state index in [1.807, 2.05) is 0 Å². The van der Waals surface area contributed by atoms with Gasteiger partial charge in [-0.3, -0.25) is 0 Å². The highest BCUT2D eigenvalue weighted by Gasteiger charge is 2.27. The predicted molar refractivity (Wildman–Crippen MR) is 98.9 cm³/mol. The second kappa shape index (κ2) is 7.75. The Morgan fingerprint density at radius 2 is 2.07 bits per heavy atom. The first-order valence-corrected chi connectivity index (χ1v) is 8.94. The molecule has 1 fully saturated rings. The van der Waals surface area contributed by atoms with Gasteiger partial charge < -0.3 is 23.9 Å². The van der Waals surface area contributed by atoms with Gasteiger partial charge >= 0.3 is 7.12 Å². The topological polar surface area (TPSA) is 74.4 Å². The number of ether oxygens (including phenoxy) is 3. The summed E-state index contributed by atoms with van der Waals surface area (Å²) in [6.07, 6.45) is 1.43. The van der Waals surface area contributed by atoms with Gasteiger partial charge in [0.1, 0.15) is 11.9 Å². The van der Waals surface area contributed by atoms with Gasteiger partial charge in [0.15, 0.2) is 0 Å². The quantitative estimate of drug-likeness (QED) is 0.643. The lowest BCUT2D eigenvalue weighted by molar-refractivity contribution is 0.0239. The van der Waals surface area contributed by atoms with E-state index in [0.717, 1.165) is 18.4 Å². The molecule has 7 nitrogen and oxygen atoms in total. The fourth-order valence-corrected chi connectivity index (χ4v) is 3.20. The van der Waals surface area contributed by atoms with Crippen LogP contribution in [-0.2, 0) is 16.0 Å². The summed E-state index contributed by atoms with van der Waals surface area (Å²) in [6, 6.07) is 6.71. The highest BCUT2D eigenvalue weighted by atomic mass is 35.5. The number of halogens is 1. The molecule has 0 unspecified atom stereocenters. The van der Waals surface area contributed by atoms with Gasteiger partial charge in [-0.05, 0) is 29.2 Å². The van der Waals surface area contributed by atoms with Crippen molar-refractivity contribution in [2.45, 2.75) is 25.6 Å². The van der Waals surface area contributed by atoms with Crippen LogP contribution >= 0.6 is 11.6 Å². The second-order valence-corrected chi connectivity index (χ2v) is 6.67. The molecule has 0 atom stereocenters. The van der Waals surface area contributed by atoms with Crippen LogP contribution in [0, 0.1) is 6.57 Å². The fraction of sp³-hybridized carbons (Fsp3) is 0.333. The molecule has 0 aliphatic carbocycles. The Hall–Kier alpha value is -2.31. The minimum atomic E-state index is -0.909. The maximum atomic E-state index is 9.71. The Balaban J connectivity index is 1.59. The molecular weight excluding hydrogens is 370 g/mol. The molecule has 2 aliphatic heterocycles. The summed E-state index contributed by atoms with van der Waals surface area (Å²) in [5.41, 5.74) is 1.80.